The lowest BCUT2D eigenvalue weighted by Crippen LogP contribution is -2.33. The Morgan fingerprint density at radius 1 is 1.38 bits per heavy atom. The molecule has 0 aliphatic heterocycles. The van der Waals surface area contributed by atoms with E-state index < -0.39 is 5.60 Å². The summed E-state index contributed by atoms with van der Waals surface area (Å²) in [7, 11) is 0. The highest BCUT2D eigenvalue weighted by Gasteiger charge is 2.24. The molecule has 1 aromatic carbocycles. The van der Waals surface area contributed by atoms with Gasteiger partial charge in [-0.15, -0.1) is 0 Å². The molecule has 1 nitrogen and oxygen atoms in total. The molecule has 1 atom stereocenters. The Balaban J connectivity index is 2.93. The number of thiocarbonyl (C=S) groups is 1. The summed E-state index contributed by atoms with van der Waals surface area (Å²) in [6, 6.07) is 9.63. The van der Waals surface area contributed by atoms with E-state index in [1.54, 1.807) is 6.92 Å². The van der Waals surface area contributed by atoms with Gasteiger partial charge in [0.1, 0.15) is 0 Å². The molecule has 0 saturated carbocycles. The Bertz CT molecular complexity index is 290. The molecular formula is C11H14OS. The molecule has 0 saturated heterocycles. The van der Waals surface area contributed by atoms with Crippen molar-refractivity contribution in [1.29, 1.82) is 0 Å². The second-order valence-corrected chi connectivity index (χ2v) is 3.73. The van der Waals surface area contributed by atoms with Gasteiger partial charge in [0.2, 0.25) is 0 Å². The fraction of sp³-hybridized carbons (Fsp3) is 0.364. The molecule has 0 amide bonds. The first-order valence-corrected chi connectivity index (χ1v) is 4.81. The molecule has 0 spiro atoms. The molecule has 0 bridgehead atoms. The first-order valence-electron chi connectivity index (χ1n) is 4.40. The van der Waals surface area contributed by atoms with Gasteiger partial charge in [0.05, 0.1) is 10.5 Å². The van der Waals surface area contributed by atoms with Crippen molar-refractivity contribution in [2.75, 3.05) is 0 Å². The third-order valence-corrected chi connectivity index (χ3v) is 2.89. The van der Waals surface area contributed by atoms with Crippen LogP contribution in [0.2, 0.25) is 0 Å². The molecule has 0 fully saturated rings. The van der Waals surface area contributed by atoms with Crippen molar-refractivity contribution in [3.63, 3.8) is 0 Å². The summed E-state index contributed by atoms with van der Waals surface area (Å²) in [4.78, 5) is 0.621. The van der Waals surface area contributed by atoms with E-state index in [-0.39, 0.29) is 0 Å². The topological polar surface area (TPSA) is 20.2 Å². The molecule has 13 heavy (non-hydrogen) atoms. The molecule has 0 aliphatic carbocycles. The van der Waals surface area contributed by atoms with E-state index in [0.29, 0.717) is 11.3 Å². The van der Waals surface area contributed by atoms with Crippen molar-refractivity contribution in [1.82, 2.24) is 0 Å². The molecule has 0 aromatic heterocycles. The molecule has 0 radical (unpaired) electrons. The van der Waals surface area contributed by atoms with Gasteiger partial charge in [-0.05, 0) is 18.9 Å². The molecular weight excluding hydrogens is 180 g/mol. The Kier molecular flexibility index (Phi) is 3.17. The minimum Gasteiger partial charge on any atom is -0.385 e. The van der Waals surface area contributed by atoms with Crippen LogP contribution in [-0.4, -0.2) is 15.6 Å². The summed E-state index contributed by atoms with van der Waals surface area (Å²) >= 11 is 5.21. The Morgan fingerprint density at radius 3 is 2.38 bits per heavy atom. The van der Waals surface area contributed by atoms with E-state index >= 15 is 0 Å². The summed E-state index contributed by atoms with van der Waals surface area (Å²) in [5.74, 6) is 0. The number of aliphatic hydroxyl groups is 1. The maximum atomic E-state index is 9.90. The smallest absolute Gasteiger partial charge is 0.0971 e. The van der Waals surface area contributed by atoms with Crippen LogP contribution in [0.25, 0.3) is 0 Å². The van der Waals surface area contributed by atoms with Crippen LogP contribution in [0, 0.1) is 0 Å². The summed E-state index contributed by atoms with van der Waals surface area (Å²) < 4.78 is 0. The zero-order chi connectivity index (χ0) is 9.90. The molecule has 0 heterocycles. The Labute approximate surface area is 84.4 Å². The van der Waals surface area contributed by atoms with E-state index in [1.165, 1.54) is 0 Å². The summed E-state index contributed by atoms with van der Waals surface area (Å²) in [5, 5.41) is 9.90. The van der Waals surface area contributed by atoms with Crippen LogP contribution in [0.4, 0.5) is 0 Å². The van der Waals surface area contributed by atoms with Crippen molar-refractivity contribution in [3.8, 4) is 0 Å². The van der Waals surface area contributed by atoms with Crippen molar-refractivity contribution >= 4 is 17.1 Å². The first-order chi connectivity index (χ1) is 6.08. The first kappa shape index (κ1) is 10.4. The van der Waals surface area contributed by atoms with Gasteiger partial charge in [-0.1, -0.05) is 49.5 Å². The lowest BCUT2D eigenvalue weighted by atomic mass is 9.94. The maximum absolute atomic E-state index is 9.90. The Morgan fingerprint density at radius 2 is 1.92 bits per heavy atom. The lowest BCUT2D eigenvalue weighted by Gasteiger charge is -2.22. The van der Waals surface area contributed by atoms with Gasteiger partial charge < -0.3 is 5.11 Å². The predicted octanol–water partition coefficient (Wildman–Crippen LogP) is 2.57. The lowest BCUT2D eigenvalue weighted by molar-refractivity contribution is 0.132. The molecule has 1 rings (SSSR count). The van der Waals surface area contributed by atoms with Gasteiger partial charge in [0.25, 0.3) is 0 Å². The van der Waals surface area contributed by atoms with E-state index in [1.807, 2.05) is 37.3 Å². The zero-order valence-electron chi connectivity index (χ0n) is 7.95. The number of hydrogen-bond acceptors (Lipinski definition) is 2. The number of hydrogen-bond donors (Lipinski definition) is 1. The summed E-state index contributed by atoms with van der Waals surface area (Å²) in [6.07, 6.45) is 0.640. The minimum atomic E-state index is -0.864. The highest BCUT2D eigenvalue weighted by molar-refractivity contribution is 7.81. The summed E-state index contributed by atoms with van der Waals surface area (Å²) in [5.41, 5.74) is 0.0702. The van der Waals surface area contributed by atoms with Crippen molar-refractivity contribution in [2.45, 2.75) is 25.9 Å². The normalized spacial score (nSPS) is 15.0. The molecule has 1 N–H and O–H groups in total. The van der Waals surface area contributed by atoms with Crippen LogP contribution >= 0.6 is 12.2 Å². The van der Waals surface area contributed by atoms with Crippen LogP contribution in [0.5, 0.6) is 0 Å². The molecule has 2 heteroatoms. The second-order valence-electron chi connectivity index (χ2n) is 3.32. The van der Waals surface area contributed by atoms with Crippen LogP contribution in [0.1, 0.15) is 25.8 Å². The fourth-order valence-corrected chi connectivity index (χ4v) is 1.34. The van der Waals surface area contributed by atoms with Crippen molar-refractivity contribution < 1.29 is 5.11 Å². The van der Waals surface area contributed by atoms with Gasteiger partial charge in [-0.2, -0.15) is 0 Å². The van der Waals surface area contributed by atoms with E-state index in [9.17, 15) is 5.11 Å². The molecule has 70 valence electrons. The highest BCUT2D eigenvalue weighted by atomic mass is 32.1. The SMILES string of the molecule is CCC(C)(O)C(=S)c1ccccc1. The minimum absolute atomic E-state index is 0.621. The fourth-order valence-electron chi connectivity index (χ4n) is 1.06. The molecule has 1 aromatic rings. The van der Waals surface area contributed by atoms with E-state index in [4.69, 9.17) is 12.2 Å². The largest absolute Gasteiger partial charge is 0.385 e. The number of rotatable bonds is 3. The van der Waals surface area contributed by atoms with Gasteiger partial charge >= 0.3 is 0 Å². The average Bonchev–Trinajstić information content (AvgIpc) is 2.18. The van der Waals surface area contributed by atoms with Crippen LogP contribution in [0.3, 0.4) is 0 Å². The van der Waals surface area contributed by atoms with E-state index in [0.717, 1.165) is 5.56 Å². The highest BCUT2D eigenvalue weighted by Crippen LogP contribution is 2.17. The maximum Gasteiger partial charge on any atom is 0.0971 e. The van der Waals surface area contributed by atoms with Gasteiger partial charge in [-0.3, -0.25) is 0 Å². The third kappa shape index (κ3) is 2.36. The standard InChI is InChI=1S/C11H14OS/c1-3-11(2,12)10(13)9-7-5-4-6-8-9/h4-8,12H,3H2,1-2H3. The van der Waals surface area contributed by atoms with Gasteiger partial charge in [0, 0.05) is 0 Å². The van der Waals surface area contributed by atoms with Gasteiger partial charge in [-0.25, -0.2) is 0 Å². The zero-order valence-corrected chi connectivity index (χ0v) is 8.77. The van der Waals surface area contributed by atoms with Crippen molar-refractivity contribution in [2.24, 2.45) is 0 Å². The van der Waals surface area contributed by atoms with Gasteiger partial charge in [0.15, 0.2) is 0 Å². The molecule has 1 unspecified atom stereocenters. The molecule has 0 aliphatic rings. The van der Waals surface area contributed by atoms with Crippen LogP contribution in [0.15, 0.2) is 30.3 Å². The summed E-state index contributed by atoms with van der Waals surface area (Å²) in [6.45, 7) is 3.68. The van der Waals surface area contributed by atoms with Crippen LogP contribution in [-0.2, 0) is 0 Å². The average molecular weight is 194 g/mol. The quantitative estimate of drug-likeness (QED) is 0.589. The monoisotopic (exact) mass is 194 g/mol. The third-order valence-electron chi connectivity index (χ3n) is 2.21. The number of benzene rings is 1. The van der Waals surface area contributed by atoms with Crippen LogP contribution < -0.4 is 0 Å². The Hall–Kier alpha value is -0.730. The predicted molar refractivity (Wildman–Crippen MR) is 59.1 cm³/mol. The van der Waals surface area contributed by atoms with E-state index in [2.05, 4.69) is 0 Å². The second kappa shape index (κ2) is 3.99. The van der Waals surface area contributed by atoms with Crippen molar-refractivity contribution in [3.05, 3.63) is 35.9 Å².